The molecule has 1 aliphatic rings. The van der Waals surface area contributed by atoms with Gasteiger partial charge in [-0.05, 0) is 30.9 Å². The summed E-state index contributed by atoms with van der Waals surface area (Å²) in [6.45, 7) is 0.329. The average molecular weight is 300 g/mol. The zero-order valence-electron chi connectivity index (χ0n) is 10.7. The van der Waals surface area contributed by atoms with Crippen LogP contribution in [-0.4, -0.2) is 25.8 Å². The summed E-state index contributed by atoms with van der Waals surface area (Å²) in [4.78, 5) is -0.409. The SMILES string of the molecule is N#CCCN(CC1CC1)S(=O)(=O)c1cc(F)cc(F)c1. The number of nitrogens with zero attached hydrogens (tertiary/aromatic N) is 2. The number of hydrogen-bond donors (Lipinski definition) is 0. The molecule has 7 heteroatoms. The summed E-state index contributed by atoms with van der Waals surface area (Å²) in [5, 5.41) is 8.60. The van der Waals surface area contributed by atoms with Crippen LogP contribution in [0.15, 0.2) is 23.1 Å². The Morgan fingerprint density at radius 3 is 2.35 bits per heavy atom. The molecule has 0 atom stereocenters. The Hall–Kier alpha value is -1.52. The summed E-state index contributed by atoms with van der Waals surface area (Å²) in [7, 11) is -3.97. The van der Waals surface area contributed by atoms with E-state index in [4.69, 9.17) is 5.26 Å². The smallest absolute Gasteiger partial charge is 0.207 e. The van der Waals surface area contributed by atoms with Crippen molar-refractivity contribution in [1.82, 2.24) is 4.31 Å². The Balaban J connectivity index is 2.30. The number of nitriles is 1. The molecule has 1 aliphatic carbocycles. The van der Waals surface area contributed by atoms with E-state index in [2.05, 4.69) is 0 Å². The second-order valence-electron chi connectivity index (χ2n) is 4.82. The largest absolute Gasteiger partial charge is 0.243 e. The third kappa shape index (κ3) is 3.52. The lowest BCUT2D eigenvalue weighted by atomic mass is 10.3. The molecule has 0 N–H and O–H groups in total. The van der Waals surface area contributed by atoms with E-state index in [1.807, 2.05) is 6.07 Å². The second kappa shape index (κ2) is 5.85. The van der Waals surface area contributed by atoms with Crippen molar-refractivity contribution in [3.63, 3.8) is 0 Å². The summed E-state index contributed by atoms with van der Waals surface area (Å²) in [5.41, 5.74) is 0. The summed E-state index contributed by atoms with van der Waals surface area (Å²) in [5.74, 6) is -1.59. The maximum Gasteiger partial charge on any atom is 0.243 e. The summed E-state index contributed by atoms with van der Waals surface area (Å²) in [6, 6.07) is 4.10. The molecule has 0 amide bonds. The zero-order chi connectivity index (χ0) is 14.8. The quantitative estimate of drug-likeness (QED) is 0.809. The first kappa shape index (κ1) is 14.9. The molecule has 0 aromatic heterocycles. The van der Waals surface area contributed by atoms with Gasteiger partial charge in [0.2, 0.25) is 10.0 Å². The van der Waals surface area contributed by atoms with Crippen LogP contribution in [0.25, 0.3) is 0 Å². The van der Waals surface area contributed by atoms with Crippen LogP contribution in [0.5, 0.6) is 0 Å². The van der Waals surface area contributed by atoms with Crippen LogP contribution in [0, 0.1) is 28.9 Å². The van der Waals surface area contributed by atoms with Gasteiger partial charge in [0.15, 0.2) is 0 Å². The number of rotatable bonds is 6. The van der Waals surface area contributed by atoms with Crippen molar-refractivity contribution in [3.05, 3.63) is 29.8 Å². The lowest BCUT2D eigenvalue weighted by Gasteiger charge is -2.21. The molecule has 0 bridgehead atoms. The van der Waals surface area contributed by atoms with Crippen molar-refractivity contribution in [2.75, 3.05) is 13.1 Å². The van der Waals surface area contributed by atoms with Crippen LogP contribution in [0.3, 0.4) is 0 Å². The first-order valence-corrected chi connectivity index (χ1v) is 7.70. The lowest BCUT2D eigenvalue weighted by molar-refractivity contribution is 0.402. The molecule has 1 aromatic carbocycles. The van der Waals surface area contributed by atoms with Crippen molar-refractivity contribution in [2.24, 2.45) is 5.92 Å². The number of benzene rings is 1. The Kier molecular flexibility index (Phi) is 4.35. The molecule has 2 rings (SSSR count). The molecular weight excluding hydrogens is 286 g/mol. The normalized spacial score (nSPS) is 15.3. The first-order chi connectivity index (χ1) is 9.43. The predicted octanol–water partition coefficient (Wildman–Crippen LogP) is 2.28. The number of hydrogen-bond acceptors (Lipinski definition) is 3. The fraction of sp³-hybridized carbons (Fsp3) is 0.462. The molecule has 0 spiro atoms. The first-order valence-electron chi connectivity index (χ1n) is 6.26. The van der Waals surface area contributed by atoms with E-state index in [9.17, 15) is 17.2 Å². The van der Waals surface area contributed by atoms with Gasteiger partial charge in [-0.3, -0.25) is 0 Å². The minimum atomic E-state index is -3.97. The second-order valence-corrected chi connectivity index (χ2v) is 6.76. The van der Waals surface area contributed by atoms with Gasteiger partial charge in [0, 0.05) is 25.6 Å². The fourth-order valence-electron chi connectivity index (χ4n) is 1.90. The highest BCUT2D eigenvalue weighted by molar-refractivity contribution is 7.89. The van der Waals surface area contributed by atoms with Crippen LogP contribution >= 0.6 is 0 Å². The molecule has 0 aliphatic heterocycles. The maximum absolute atomic E-state index is 13.2. The number of halogens is 2. The van der Waals surface area contributed by atoms with E-state index in [-0.39, 0.29) is 18.9 Å². The van der Waals surface area contributed by atoms with Gasteiger partial charge >= 0.3 is 0 Å². The summed E-state index contributed by atoms with van der Waals surface area (Å²) >= 11 is 0. The molecular formula is C13H14F2N2O2S. The average Bonchev–Trinajstić information content (AvgIpc) is 3.17. The summed E-state index contributed by atoms with van der Waals surface area (Å²) < 4.78 is 52.3. The Morgan fingerprint density at radius 1 is 1.25 bits per heavy atom. The highest BCUT2D eigenvalue weighted by Gasteiger charge is 2.31. The lowest BCUT2D eigenvalue weighted by Crippen LogP contribution is -2.34. The van der Waals surface area contributed by atoms with E-state index in [1.165, 1.54) is 0 Å². The zero-order valence-corrected chi connectivity index (χ0v) is 11.5. The molecule has 0 unspecified atom stereocenters. The molecule has 4 nitrogen and oxygen atoms in total. The van der Waals surface area contributed by atoms with Gasteiger partial charge in [0.1, 0.15) is 11.6 Å². The van der Waals surface area contributed by atoms with Crippen LogP contribution < -0.4 is 0 Å². The molecule has 0 radical (unpaired) electrons. The monoisotopic (exact) mass is 300 g/mol. The van der Waals surface area contributed by atoms with Crippen molar-refractivity contribution in [3.8, 4) is 6.07 Å². The van der Waals surface area contributed by atoms with Gasteiger partial charge in [0.25, 0.3) is 0 Å². The van der Waals surface area contributed by atoms with Gasteiger partial charge in [-0.25, -0.2) is 17.2 Å². The van der Waals surface area contributed by atoms with Crippen molar-refractivity contribution in [2.45, 2.75) is 24.2 Å². The van der Waals surface area contributed by atoms with Gasteiger partial charge in [-0.2, -0.15) is 9.57 Å². The molecule has 1 fully saturated rings. The third-order valence-electron chi connectivity index (χ3n) is 3.11. The topological polar surface area (TPSA) is 61.2 Å². The minimum absolute atomic E-state index is 0.0352. The van der Waals surface area contributed by atoms with Crippen molar-refractivity contribution < 1.29 is 17.2 Å². The molecule has 0 heterocycles. The van der Waals surface area contributed by atoms with E-state index < -0.39 is 26.6 Å². The van der Waals surface area contributed by atoms with E-state index in [0.717, 1.165) is 29.3 Å². The van der Waals surface area contributed by atoms with Gasteiger partial charge < -0.3 is 0 Å². The number of sulfonamides is 1. The molecule has 108 valence electrons. The summed E-state index contributed by atoms with van der Waals surface area (Å²) in [6.07, 6.45) is 1.93. The standard InChI is InChI=1S/C13H14F2N2O2S/c14-11-6-12(15)8-13(7-11)20(18,19)17(5-1-4-16)9-10-2-3-10/h6-8,10H,1-3,5,9H2. The minimum Gasteiger partial charge on any atom is -0.207 e. The Labute approximate surface area is 116 Å². The van der Waals surface area contributed by atoms with Gasteiger partial charge in [0.05, 0.1) is 11.0 Å². The highest BCUT2D eigenvalue weighted by Crippen LogP contribution is 2.31. The van der Waals surface area contributed by atoms with Gasteiger partial charge in [-0.15, -0.1) is 0 Å². The van der Waals surface area contributed by atoms with E-state index in [0.29, 0.717) is 12.6 Å². The van der Waals surface area contributed by atoms with E-state index in [1.54, 1.807) is 0 Å². The highest BCUT2D eigenvalue weighted by atomic mass is 32.2. The third-order valence-corrected chi connectivity index (χ3v) is 4.95. The molecule has 1 saturated carbocycles. The van der Waals surface area contributed by atoms with Crippen LogP contribution in [0.2, 0.25) is 0 Å². The van der Waals surface area contributed by atoms with E-state index >= 15 is 0 Å². The fourth-order valence-corrected chi connectivity index (χ4v) is 3.46. The van der Waals surface area contributed by atoms with Crippen molar-refractivity contribution >= 4 is 10.0 Å². The molecule has 20 heavy (non-hydrogen) atoms. The van der Waals surface area contributed by atoms with Crippen LogP contribution in [-0.2, 0) is 10.0 Å². The Morgan fingerprint density at radius 2 is 1.85 bits per heavy atom. The Bertz CT molecular complexity index is 616. The van der Waals surface area contributed by atoms with Crippen molar-refractivity contribution in [1.29, 1.82) is 5.26 Å². The molecule has 0 saturated heterocycles. The van der Waals surface area contributed by atoms with Crippen LogP contribution in [0.1, 0.15) is 19.3 Å². The predicted molar refractivity (Wildman–Crippen MR) is 68.1 cm³/mol. The van der Waals surface area contributed by atoms with Crippen LogP contribution in [0.4, 0.5) is 8.78 Å². The van der Waals surface area contributed by atoms with Gasteiger partial charge in [-0.1, -0.05) is 0 Å². The maximum atomic E-state index is 13.2. The molecule has 1 aromatic rings.